The third-order valence-corrected chi connectivity index (χ3v) is 6.22. The molecule has 0 radical (unpaired) electrons. The third-order valence-electron chi connectivity index (χ3n) is 5.25. The van der Waals surface area contributed by atoms with Crippen LogP contribution in [0.2, 0.25) is 0 Å². The van der Waals surface area contributed by atoms with Crippen LogP contribution in [0, 0.1) is 0 Å². The molecule has 0 spiro atoms. The van der Waals surface area contributed by atoms with Gasteiger partial charge in [0.25, 0.3) is 5.91 Å². The van der Waals surface area contributed by atoms with Crippen LogP contribution in [0.1, 0.15) is 15.9 Å². The van der Waals surface area contributed by atoms with E-state index < -0.39 is 10.0 Å². The second kappa shape index (κ2) is 10.3. The Morgan fingerprint density at radius 1 is 0.861 bits per heavy atom. The van der Waals surface area contributed by atoms with E-state index in [1.165, 1.54) is 6.07 Å². The lowest BCUT2D eigenvalue weighted by Crippen LogP contribution is -2.14. The molecule has 0 fully saturated rings. The largest absolute Gasteiger partial charge is 0.455 e. The summed E-state index contributed by atoms with van der Waals surface area (Å²) in [5.41, 5.74) is 7.95. The molecule has 0 aliphatic rings. The molecule has 0 aliphatic heterocycles. The van der Waals surface area contributed by atoms with Crippen LogP contribution >= 0.6 is 0 Å². The first-order valence-electron chi connectivity index (χ1n) is 10.6. The highest BCUT2D eigenvalue weighted by Gasteiger charge is 2.16. The van der Waals surface area contributed by atoms with Crippen molar-refractivity contribution >= 4 is 27.5 Å². The Morgan fingerprint density at radius 3 is 2.28 bits per heavy atom. The summed E-state index contributed by atoms with van der Waals surface area (Å²) in [6.07, 6.45) is 0. The van der Waals surface area contributed by atoms with Crippen molar-refractivity contribution in [1.29, 1.82) is 0 Å². The number of nitrogens with two attached hydrogens (primary N) is 2. The zero-order chi connectivity index (χ0) is 25.7. The second-order valence-electron chi connectivity index (χ2n) is 7.68. The average Bonchev–Trinajstić information content (AvgIpc) is 2.89. The average molecular weight is 503 g/mol. The first kappa shape index (κ1) is 24.5. The van der Waals surface area contributed by atoms with E-state index in [-0.39, 0.29) is 16.6 Å². The molecule has 36 heavy (non-hydrogen) atoms. The number of carbonyl (C=O) groups excluding carboxylic acids is 1. The van der Waals surface area contributed by atoms with E-state index in [2.05, 4.69) is 10.5 Å². The van der Waals surface area contributed by atoms with Gasteiger partial charge in [0.15, 0.2) is 11.6 Å². The minimum Gasteiger partial charge on any atom is -0.455 e. The Morgan fingerprint density at radius 2 is 1.56 bits per heavy atom. The lowest BCUT2D eigenvalue weighted by atomic mass is 10.0. The van der Waals surface area contributed by atoms with Crippen LogP contribution < -0.4 is 20.9 Å². The van der Waals surface area contributed by atoms with Gasteiger partial charge >= 0.3 is 0 Å². The van der Waals surface area contributed by atoms with E-state index in [1.54, 1.807) is 91.0 Å². The number of amidine groups is 1. The number of anilines is 1. The van der Waals surface area contributed by atoms with Crippen molar-refractivity contribution < 1.29 is 23.2 Å². The first-order valence-corrected chi connectivity index (χ1v) is 12.2. The van der Waals surface area contributed by atoms with Crippen molar-refractivity contribution in [2.24, 2.45) is 16.0 Å². The molecule has 0 aliphatic carbocycles. The van der Waals surface area contributed by atoms with Crippen LogP contribution in [0.4, 0.5) is 5.69 Å². The van der Waals surface area contributed by atoms with Crippen molar-refractivity contribution in [3.05, 3.63) is 108 Å². The lowest BCUT2D eigenvalue weighted by Gasteiger charge is -2.13. The van der Waals surface area contributed by atoms with Crippen LogP contribution in [-0.2, 0) is 10.0 Å². The number of primary sulfonamides is 1. The summed E-state index contributed by atoms with van der Waals surface area (Å²) < 4.78 is 29.8. The third kappa shape index (κ3) is 5.52. The zero-order valence-electron chi connectivity index (χ0n) is 18.8. The minimum absolute atomic E-state index is 0.00404. The predicted molar refractivity (Wildman–Crippen MR) is 137 cm³/mol. The van der Waals surface area contributed by atoms with Gasteiger partial charge in [-0.25, -0.2) is 13.6 Å². The molecule has 0 unspecified atom stereocenters. The fourth-order valence-corrected chi connectivity index (χ4v) is 4.27. The number of hydrogen-bond donors (Lipinski definition) is 4. The number of nitrogens with zero attached hydrogens (tertiary/aromatic N) is 1. The van der Waals surface area contributed by atoms with Gasteiger partial charge in [-0.1, -0.05) is 59.8 Å². The Hall–Kier alpha value is -4.67. The van der Waals surface area contributed by atoms with Gasteiger partial charge in [0.05, 0.1) is 10.6 Å². The monoisotopic (exact) mass is 502 g/mol. The summed E-state index contributed by atoms with van der Waals surface area (Å²) in [4.78, 5) is 12.9. The molecule has 0 atom stereocenters. The smallest absolute Gasteiger partial charge is 0.255 e. The van der Waals surface area contributed by atoms with Crippen molar-refractivity contribution in [2.45, 2.75) is 4.90 Å². The number of rotatable bonds is 7. The maximum Gasteiger partial charge on any atom is 0.255 e. The molecule has 0 saturated carbocycles. The van der Waals surface area contributed by atoms with E-state index in [1.807, 2.05) is 0 Å². The molecule has 1 amide bonds. The second-order valence-corrected chi connectivity index (χ2v) is 9.21. The maximum atomic E-state index is 12.9. The Balaban J connectivity index is 1.55. The number of carbonyl (C=O) groups is 1. The van der Waals surface area contributed by atoms with Crippen molar-refractivity contribution in [3.8, 4) is 22.6 Å². The van der Waals surface area contributed by atoms with Crippen LogP contribution in [0.5, 0.6) is 11.5 Å². The van der Waals surface area contributed by atoms with E-state index >= 15 is 0 Å². The molecule has 4 aromatic rings. The minimum atomic E-state index is -3.91. The van der Waals surface area contributed by atoms with Gasteiger partial charge in [0.2, 0.25) is 10.0 Å². The van der Waals surface area contributed by atoms with Gasteiger partial charge in [0.1, 0.15) is 5.75 Å². The number of oxime groups is 1. The van der Waals surface area contributed by atoms with E-state index in [0.717, 1.165) is 0 Å². The highest BCUT2D eigenvalue weighted by Crippen LogP contribution is 2.31. The first-order chi connectivity index (χ1) is 17.3. The summed E-state index contributed by atoms with van der Waals surface area (Å²) >= 11 is 0. The predicted octanol–water partition coefficient (Wildman–Crippen LogP) is 4.14. The Kier molecular flexibility index (Phi) is 7.00. The number of nitrogens with one attached hydrogen (secondary N) is 1. The molecule has 0 saturated heterocycles. The standard InChI is InChI=1S/C26H22N4O5S/c27-25(30-32)19-6-5-7-20(16-19)35-23-10-3-2-9-22(23)29-26(31)18-14-12-17(13-15-18)21-8-1-4-11-24(21)36(28,33)34/h1-16,32H,(H2,27,30)(H,29,31)(H2,28,33,34). The van der Waals surface area contributed by atoms with Gasteiger partial charge in [-0.15, -0.1) is 0 Å². The Bertz CT molecular complexity index is 1550. The fraction of sp³-hybridized carbons (Fsp3) is 0. The van der Waals surface area contributed by atoms with E-state index in [9.17, 15) is 13.2 Å². The molecule has 9 nitrogen and oxygen atoms in total. The van der Waals surface area contributed by atoms with Crippen molar-refractivity contribution in [2.75, 3.05) is 5.32 Å². The molecular formula is C26H22N4O5S. The summed E-state index contributed by atoms with van der Waals surface area (Å²) in [5.74, 6) is 0.375. The highest BCUT2D eigenvalue weighted by molar-refractivity contribution is 7.89. The molecule has 4 aromatic carbocycles. The normalized spacial score (nSPS) is 11.6. The van der Waals surface area contributed by atoms with Crippen LogP contribution in [0.15, 0.2) is 107 Å². The molecule has 4 rings (SSSR count). The molecule has 0 bridgehead atoms. The number of sulfonamides is 1. The summed E-state index contributed by atoms with van der Waals surface area (Å²) in [5, 5.41) is 20.0. The fourth-order valence-electron chi connectivity index (χ4n) is 3.51. The summed E-state index contributed by atoms with van der Waals surface area (Å²) in [7, 11) is -3.91. The van der Waals surface area contributed by atoms with Crippen molar-refractivity contribution in [1.82, 2.24) is 0 Å². The molecule has 0 aromatic heterocycles. The lowest BCUT2D eigenvalue weighted by molar-refractivity contribution is 0.102. The molecule has 182 valence electrons. The van der Waals surface area contributed by atoms with Crippen LogP contribution in [-0.4, -0.2) is 25.4 Å². The molecule has 6 N–H and O–H groups in total. The van der Waals surface area contributed by atoms with Crippen molar-refractivity contribution in [3.63, 3.8) is 0 Å². The number of benzene rings is 4. The highest BCUT2D eigenvalue weighted by atomic mass is 32.2. The van der Waals surface area contributed by atoms with Gasteiger partial charge in [-0.2, -0.15) is 0 Å². The number of hydrogen-bond acceptors (Lipinski definition) is 6. The van der Waals surface area contributed by atoms with Crippen LogP contribution in [0.3, 0.4) is 0 Å². The Labute approximate surface area is 207 Å². The van der Waals surface area contributed by atoms with E-state index in [0.29, 0.717) is 39.4 Å². The molecule has 10 heteroatoms. The van der Waals surface area contributed by atoms with Gasteiger partial charge in [-0.3, -0.25) is 4.79 Å². The topological polar surface area (TPSA) is 157 Å². The molecule has 0 heterocycles. The summed E-state index contributed by atoms with van der Waals surface area (Å²) in [6, 6.07) is 26.4. The van der Waals surface area contributed by atoms with Crippen LogP contribution in [0.25, 0.3) is 11.1 Å². The van der Waals surface area contributed by atoms with E-state index in [4.69, 9.17) is 20.8 Å². The SMILES string of the molecule is NC(=NO)c1cccc(Oc2ccccc2NC(=O)c2ccc(-c3ccccc3S(N)(=O)=O)cc2)c1. The number of amides is 1. The maximum absolute atomic E-state index is 12.9. The van der Waals surface area contributed by atoms with Gasteiger partial charge < -0.3 is 21.0 Å². The van der Waals surface area contributed by atoms with Gasteiger partial charge in [-0.05, 0) is 48.0 Å². The van der Waals surface area contributed by atoms with Gasteiger partial charge in [0, 0.05) is 16.7 Å². The number of ether oxygens (including phenoxy) is 1. The molecular weight excluding hydrogens is 480 g/mol. The summed E-state index contributed by atoms with van der Waals surface area (Å²) in [6.45, 7) is 0. The quantitative estimate of drug-likeness (QED) is 0.129. The number of para-hydroxylation sites is 2. The zero-order valence-corrected chi connectivity index (χ0v) is 19.6.